The van der Waals surface area contributed by atoms with E-state index in [-0.39, 0.29) is 18.0 Å². The molecule has 0 radical (unpaired) electrons. The molecule has 0 bridgehead atoms. The minimum atomic E-state index is -4.61. The van der Waals surface area contributed by atoms with Gasteiger partial charge in [-0.3, -0.25) is 0 Å². The first-order valence-corrected chi connectivity index (χ1v) is 5.07. The van der Waals surface area contributed by atoms with E-state index >= 15 is 0 Å². The van der Waals surface area contributed by atoms with Gasteiger partial charge in [-0.05, 0) is 12.1 Å². The van der Waals surface area contributed by atoms with Crippen LogP contribution >= 0.6 is 0 Å². The third kappa shape index (κ3) is 2.68. The molecule has 1 unspecified atom stereocenters. The molecule has 0 heterocycles. The maximum atomic E-state index is 12.8. The number of aliphatic hydroxyl groups is 1. The molecule has 0 amide bonds. The van der Waals surface area contributed by atoms with Crippen LogP contribution in [0.2, 0.25) is 0 Å². The molecule has 3 N–H and O–H groups in total. The summed E-state index contributed by atoms with van der Waals surface area (Å²) in [6.45, 7) is -0.355. The van der Waals surface area contributed by atoms with Crippen molar-refractivity contribution in [2.24, 2.45) is 5.73 Å². The lowest BCUT2D eigenvalue weighted by Crippen LogP contribution is -2.19. The van der Waals surface area contributed by atoms with E-state index in [4.69, 9.17) is 15.2 Å². The van der Waals surface area contributed by atoms with Crippen molar-refractivity contribution < 1.29 is 27.8 Å². The van der Waals surface area contributed by atoms with Gasteiger partial charge in [0.05, 0.1) is 25.9 Å². The fourth-order valence-electron chi connectivity index (χ4n) is 1.65. The van der Waals surface area contributed by atoms with Gasteiger partial charge in [-0.1, -0.05) is 0 Å². The topological polar surface area (TPSA) is 64.7 Å². The molecule has 0 spiro atoms. The molecule has 0 aliphatic carbocycles. The van der Waals surface area contributed by atoms with E-state index in [9.17, 15) is 18.3 Å². The Morgan fingerprint density at radius 1 is 1.28 bits per heavy atom. The van der Waals surface area contributed by atoms with E-state index in [0.717, 1.165) is 12.1 Å². The highest BCUT2D eigenvalue weighted by atomic mass is 19.4. The number of methoxy groups -OCH3 is 2. The normalized spacial score (nSPS) is 13.3. The number of benzene rings is 1. The number of halogens is 3. The SMILES string of the molecule is COc1ccc(C(F)(F)F)c(C(O)CN)c1OC. The van der Waals surface area contributed by atoms with Crippen LogP contribution < -0.4 is 15.2 Å². The zero-order chi connectivity index (χ0) is 13.9. The first kappa shape index (κ1) is 14.6. The summed E-state index contributed by atoms with van der Waals surface area (Å²) in [5.74, 6) is -0.0572. The van der Waals surface area contributed by atoms with E-state index in [2.05, 4.69) is 0 Å². The number of rotatable bonds is 4. The lowest BCUT2D eigenvalue weighted by molar-refractivity contribution is -0.139. The monoisotopic (exact) mass is 265 g/mol. The molecule has 0 aliphatic heterocycles. The van der Waals surface area contributed by atoms with E-state index in [1.54, 1.807) is 0 Å². The largest absolute Gasteiger partial charge is 0.493 e. The number of hydrogen-bond donors (Lipinski definition) is 2. The molecule has 0 saturated heterocycles. The summed E-state index contributed by atoms with van der Waals surface area (Å²) in [6, 6.07) is 1.96. The molecule has 18 heavy (non-hydrogen) atoms. The van der Waals surface area contributed by atoms with Gasteiger partial charge in [0.15, 0.2) is 11.5 Å². The van der Waals surface area contributed by atoms with Gasteiger partial charge >= 0.3 is 6.18 Å². The molecule has 0 saturated carbocycles. The predicted octanol–water partition coefficient (Wildman–Crippen LogP) is 1.71. The average Bonchev–Trinajstić information content (AvgIpc) is 2.34. The van der Waals surface area contributed by atoms with Gasteiger partial charge in [0.25, 0.3) is 0 Å². The summed E-state index contributed by atoms with van der Waals surface area (Å²) in [5.41, 5.74) is 3.82. The van der Waals surface area contributed by atoms with Crippen molar-refractivity contribution in [3.8, 4) is 11.5 Å². The summed E-state index contributed by atoms with van der Waals surface area (Å²) < 4.78 is 48.3. The second kappa shape index (κ2) is 5.45. The van der Waals surface area contributed by atoms with Crippen LogP contribution in [0.5, 0.6) is 11.5 Å². The Kier molecular flexibility index (Phi) is 4.42. The van der Waals surface area contributed by atoms with E-state index < -0.39 is 23.4 Å². The van der Waals surface area contributed by atoms with E-state index in [1.165, 1.54) is 14.2 Å². The molecule has 1 rings (SSSR count). The summed E-state index contributed by atoms with van der Waals surface area (Å²) in [5, 5.41) is 9.64. The number of nitrogens with two attached hydrogens (primary N) is 1. The Morgan fingerprint density at radius 2 is 1.89 bits per heavy atom. The van der Waals surface area contributed by atoms with Gasteiger partial charge in [0.2, 0.25) is 0 Å². The summed E-state index contributed by atoms with van der Waals surface area (Å²) >= 11 is 0. The van der Waals surface area contributed by atoms with Crippen LogP contribution in [0, 0.1) is 0 Å². The molecule has 0 aromatic heterocycles. The van der Waals surface area contributed by atoms with Gasteiger partial charge in [0.1, 0.15) is 0 Å². The highest BCUT2D eigenvalue weighted by molar-refractivity contribution is 5.53. The van der Waals surface area contributed by atoms with Crippen molar-refractivity contribution in [2.75, 3.05) is 20.8 Å². The molecule has 1 atom stereocenters. The molecular formula is C11H14F3NO3. The Hall–Kier alpha value is -1.47. The number of aliphatic hydroxyl groups excluding tert-OH is 1. The molecule has 4 nitrogen and oxygen atoms in total. The quantitative estimate of drug-likeness (QED) is 0.870. The second-order valence-electron chi connectivity index (χ2n) is 3.51. The average molecular weight is 265 g/mol. The highest BCUT2D eigenvalue weighted by Crippen LogP contribution is 2.43. The standard InChI is InChI=1S/C11H14F3NO3/c1-17-8-4-3-6(11(12,13)14)9(7(16)5-15)10(8)18-2/h3-4,7,16H,5,15H2,1-2H3. The fourth-order valence-corrected chi connectivity index (χ4v) is 1.65. The van der Waals surface area contributed by atoms with Gasteiger partial charge in [-0.15, -0.1) is 0 Å². The Balaban J connectivity index is 3.54. The molecule has 1 aromatic rings. The maximum Gasteiger partial charge on any atom is 0.416 e. The number of alkyl halides is 3. The second-order valence-corrected chi connectivity index (χ2v) is 3.51. The Labute approximate surface area is 102 Å². The van der Waals surface area contributed by atoms with Crippen molar-refractivity contribution in [1.29, 1.82) is 0 Å². The Bertz CT molecular complexity index is 421. The smallest absolute Gasteiger partial charge is 0.416 e. The minimum absolute atomic E-state index is 0.105. The fraction of sp³-hybridized carbons (Fsp3) is 0.455. The molecule has 1 aromatic carbocycles. The van der Waals surface area contributed by atoms with Crippen molar-refractivity contribution in [3.63, 3.8) is 0 Å². The maximum absolute atomic E-state index is 12.8. The highest BCUT2D eigenvalue weighted by Gasteiger charge is 2.37. The third-order valence-electron chi connectivity index (χ3n) is 2.45. The van der Waals surface area contributed by atoms with Crippen molar-refractivity contribution >= 4 is 0 Å². The van der Waals surface area contributed by atoms with Gasteiger partial charge in [-0.25, -0.2) is 0 Å². The van der Waals surface area contributed by atoms with Crippen molar-refractivity contribution in [1.82, 2.24) is 0 Å². The summed E-state index contributed by atoms with van der Waals surface area (Å²) in [6.07, 6.45) is -6.09. The van der Waals surface area contributed by atoms with Crippen LogP contribution in [0.4, 0.5) is 13.2 Å². The van der Waals surface area contributed by atoms with Crippen LogP contribution in [0.15, 0.2) is 12.1 Å². The molecule has 0 fully saturated rings. The lowest BCUT2D eigenvalue weighted by Gasteiger charge is -2.21. The molecule has 102 valence electrons. The summed E-state index contributed by atoms with van der Waals surface area (Å²) in [7, 11) is 2.49. The van der Waals surface area contributed by atoms with Crippen molar-refractivity contribution in [2.45, 2.75) is 12.3 Å². The van der Waals surface area contributed by atoms with E-state index in [0.29, 0.717) is 0 Å². The number of hydrogen-bond acceptors (Lipinski definition) is 4. The van der Waals surface area contributed by atoms with Gasteiger partial charge < -0.3 is 20.3 Å². The zero-order valence-corrected chi connectivity index (χ0v) is 9.91. The predicted molar refractivity (Wildman–Crippen MR) is 58.6 cm³/mol. The van der Waals surface area contributed by atoms with Crippen LogP contribution in [-0.2, 0) is 6.18 Å². The Morgan fingerprint density at radius 3 is 2.28 bits per heavy atom. The van der Waals surface area contributed by atoms with Crippen molar-refractivity contribution in [3.05, 3.63) is 23.3 Å². The van der Waals surface area contributed by atoms with Gasteiger partial charge in [0, 0.05) is 12.1 Å². The zero-order valence-electron chi connectivity index (χ0n) is 9.91. The first-order valence-electron chi connectivity index (χ1n) is 5.07. The van der Waals surface area contributed by atoms with Gasteiger partial charge in [-0.2, -0.15) is 13.2 Å². The van der Waals surface area contributed by atoms with Crippen LogP contribution in [0.1, 0.15) is 17.2 Å². The minimum Gasteiger partial charge on any atom is -0.493 e. The van der Waals surface area contributed by atoms with Crippen LogP contribution in [0.3, 0.4) is 0 Å². The summed E-state index contributed by atoms with van der Waals surface area (Å²) in [4.78, 5) is 0. The first-order chi connectivity index (χ1) is 8.36. The van der Waals surface area contributed by atoms with Crippen LogP contribution in [-0.4, -0.2) is 25.9 Å². The molecule has 0 aliphatic rings. The number of ether oxygens (including phenoxy) is 2. The molecule has 7 heteroatoms. The van der Waals surface area contributed by atoms with Crippen LogP contribution in [0.25, 0.3) is 0 Å². The third-order valence-corrected chi connectivity index (χ3v) is 2.45. The lowest BCUT2D eigenvalue weighted by atomic mass is 9.99. The molecular weight excluding hydrogens is 251 g/mol. The van der Waals surface area contributed by atoms with E-state index in [1.807, 2.05) is 0 Å².